The second kappa shape index (κ2) is 5.57. The molecule has 0 aromatic heterocycles. The number of hydrogen-bond donors (Lipinski definition) is 2. The lowest BCUT2D eigenvalue weighted by Crippen LogP contribution is -2.62. The van der Waals surface area contributed by atoms with E-state index >= 15 is 0 Å². The number of carboxylic acids is 1. The van der Waals surface area contributed by atoms with E-state index in [4.69, 9.17) is 9.47 Å². The molecule has 2 aliphatic carbocycles. The summed E-state index contributed by atoms with van der Waals surface area (Å²) in [6.45, 7) is 0.449. The molecule has 27 heavy (non-hydrogen) atoms. The summed E-state index contributed by atoms with van der Waals surface area (Å²) in [5.74, 6) is -0.968. The van der Waals surface area contributed by atoms with E-state index in [2.05, 4.69) is 29.6 Å². The number of fused-ring (bicyclic) bond motifs is 4. The second-order valence-corrected chi connectivity index (χ2v) is 7.67. The first kappa shape index (κ1) is 16.3. The fourth-order valence-electron chi connectivity index (χ4n) is 4.71. The largest absolute Gasteiger partial charge is 0.479 e. The van der Waals surface area contributed by atoms with Crippen molar-refractivity contribution in [3.05, 3.63) is 59.7 Å². The van der Waals surface area contributed by atoms with Gasteiger partial charge in [0.1, 0.15) is 6.61 Å². The van der Waals surface area contributed by atoms with Gasteiger partial charge >= 0.3 is 12.1 Å². The molecule has 0 unspecified atom stereocenters. The number of nitrogens with one attached hydrogen (secondary N) is 1. The molecule has 2 N–H and O–H groups in total. The predicted molar refractivity (Wildman–Crippen MR) is 96.5 cm³/mol. The molecule has 2 bridgehead atoms. The minimum atomic E-state index is -1.13. The van der Waals surface area contributed by atoms with Crippen molar-refractivity contribution in [3.8, 4) is 11.1 Å². The van der Waals surface area contributed by atoms with Gasteiger partial charge in [-0.1, -0.05) is 48.5 Å². The number of alkyl carbamates (subject to hydrolysis) is 1. The van der Waals surface area contributed by atoms with Crippen LogP contribution in [0, 0.1) is 0 Å². The molecule has 3 fully saturated rings. The van der Waals surface area contributed by atoms with Gasteiger partial charge in [0.25, 0.3) is 0 Å². The van der Waals surface area contributed by atoms with E-state index in [0.29, 0.717) is 12.8 Å². The molecule has 2 heterocycles. The summed E-state index contributed by atoms with van der Waals surface area (Å²) in [5, 5.41) is 12.0. The highest BCUT2D eigenvalue weighted by Gasteiger charge is 2.67. The molecule has 2 aromatic rings. The molecule has 0 atom stereocenters. The maximum Gasteiger partial charge on any atom is 0.407 e. The van der Waals surface area contributed by atoms with E-state index in [9.17, 15) is 14.7 Å². The molecule has 6 rings (SSSR count). The number of aliphatic carboxylic acids is 1. The zero-order chi connectivity index (χ0) is 18.6. The molecule has 2 aliphatic heterocycles. The Bertz CT molecular complexity index is 902. The van der Waals surface area contributed by atoms with Gasteiger partial charge < -0.3 is 19.9 Å². The molecular weight excluding hydrogens is 346 g/mol. The Morgan fingerprint density at radius 2 is 1.67 bits per heavy atom. The van der Waals surface area contributed by atoms with Crippen molar-refractivity contribution in [1.82, 2.24) is 5.32 Å². The number of ether oxygens (including phenoxy) is 2. The van der Waals surface area contributed by atoms with Crippen LogP contribution in [-0.4, -0.2) is 41.5 Å². The third-order valence-electron chi connectivity index (χ3n) is 5.97. The van der Waals surface area contributed by atoms with Crippen LogP contribution in [0.1, 0.15) is 29.9 Å². The SMILES string of the molecule is O=C(NC12COC(C(=O)O)(C1)C2)OCC1c2ccccc2-c2ccccc21. The molecular formula is C21H19NO5. The Balaban J connectivity index is 1.27. The normalized spacial score (nSPS) is 27.4. The van der Waals surface area contributed by atoms with Crippen LogP contribution in [0.4, 0.5) is 4.79 Å². The molecule has 0 spiro atoms. The maximum absolute atomic E-state index is 12.3. The van der Waals surface area contributed by atoms with Crippen molar-refractivity contribution in [2.24, 2.45) is 0 Å². The van der Waals surface area contributed by atoms with Crippen molar-refractivity contribution in [1.29, 1.82) is 0 Å². The number of hydrogen-bond acceptors (Lipinski definition) is 4. The van der Waals surface area contributed by atoms with Crippen molar-refractivity contribution < 1.29 is 24.2 Å². The van der Waals surface area contributed by atoms with Crippen LogP contribution < -0.4 is 5.32 Å². The van der Waals surface area contributed by atoms with E-state index in [0.717, 1.165) is 11.1 Å². The zero-order valence-corrected chi connectivity index (χ0v) is 14.6. The van der Waals surface area contributed by atoms with Gasteiger partial charge in [0.2, 0.25) is 0 Å². The van der Waals surface area contributed by atoms with Gasteiger partial charge in [-0.2, -0.15) is 0 Å². The van der Waals surface area contributed by atoms with E-state index in [-0.39, 0.29) is 19.1 Å². The van der Waals surface area contributed by atoms with E-state index in [1.165, 1.54) is 11.1 Å². The molecule has 2 aromatic carbocycles. The number of benzene rings is 2. The summed E-state index contributed by atoms with van der Waals surface area (Å²) in [7, 11) is 0. The van der Waals surface area contributed by atoms with Gasteiger partial charge in [0.15, 0.2) is 5.60 Å². The topological polar surface area (TPSA) is 84.9 Å². The third kappa shape index (κ3) is 2.36. The van der Waals surface area contributed by atoms with Crippen LogP contribution >= 0.6 is 0 Å². The fraction of sp³-hybridized carbons (Fsp3) is 0.333. The number of carboxylic acid groups (broad SMARTS) is 1. The minimum absolute atomic E-state index is 0.0000195. The van der Waals surface area contributed by atoms with Crippen LogP contribution in [0.25, 0.3) is 11.1 Å². The maximum atomic E-state index is 12.3. The van der Waals surface area contributed by atoms with E-state index < -0.39 is 23.2 Å². The average Bonchev–Trinajstić information content (AvgIpc) is 3.28. The quantitative estimate of drug-likeness (QED) is 0.870. The molecule has 1 amide bonds. The Morgan fingerprint density at radius 1 is 1.07 bits per heavy atom. The van der Waals surface area contributed by atoms with Gasteiger partial charge in [-0.25, -0.2) is 9.59 Å². The first-order valence-corrected chi connectivity index (χ1v) is 9.03. The Hall–Kier alpha value is -2.86. The number of amides is 1. The first-order chi connectivity index (χ1) is 13.0. The van der Waals surface area contributed by atoms with Crippen molar-refractivity contribution >= 4 is 12.1 Å². The Kier molecular flexibility index (Phi) is 3.37. The molecule has 6 heteroatoms. The summed E-state index contributed by atoms with van der Waals surface area (Å²) in [6, 6.07) is 16.3. The average molecular weight is 365 g/mol. The molecule has 0 radical (unpaired) electrons. The monoisotopic (exact) mass is 365 g/mol. The molecule has 6 nitrogen and oxygen atoms in total. The van der Waals surface area contributed by atoms with Gasteiger partial charge in [0.05, 0.1) is 12.1 Å². The highest BCUT2D eigenvalue weighted by Crippen LogP contribution is 2.51. The third-order valence-corrected chi connectivity index (χ3v) is 5.97. The van der Waals surface area contributed by atoms with Crippen LogP contribution in [0.15, 0.2) is 48.5 Å². The number of carbonyl (C=O) groups excluding carboxylic acids is 1. The van der Waals surface area contributed by atoms with Gasteiger partial charge in [-0.15, -0.1) is 0 Å². The van der Waals surface area contributed by atoms with Crippen LogP contribution in [0.3, 0.4) is 0 Å². The fourth-order valence-corrected chi connectivity index (χ4v) is 4.71. The van der Waals surface area contributed by atoms with Gasteiger partial charge in [0, 0.05) is 18.8 Å². The van der Waals surface area contributed by atoms with Crippen LogP contribution in [0.5, 0.6) is 0 Å². The standard InChI is InChI=1S/C21H19NO5/c23-18(24)21-10-20(11-21,12-27-21)22-19(25)26-9-17-15-7-3-1-5-13(15)14-6-2-4-8-16(14)17/h1-8,17H,9-12H2,(H,22,25)(H,23,24). The Labute approximate surface area is 156 Å². The summed E-state index contributed by atoms with van der Waals surface area (Å²) in [4.78, 5) is 23.6. The lowest BCUT2D eigenvalue weighted by molar-refractivity contribution is -0.163. The smallest absolute Gasteiger partial charge is 0.407 e. The predicted octanol–water partition coefficient (Wildman–Crippen LogP) is 2.91. The summed E-state index contributed by atoms with van der Waals surface area (Å²) < 4.78 is 10.9. The number of carbonyl (C=O) groups is 2. The molecule has 2 saturated heterocycles. The minimum Gasteiger partial charge on any atom is -0.479 e. The van der Waals surface area contributed by atoms with E-state index in [1.54, 1.807) is 0 Å². The molecule has 1 saturated carbocycles. The highest BCUT2D eigenvalue weighted by atomic mass is 16.6. The van der Waals surface area contributed by atoms with Crippen molar-refractivity contribution in [3.63, 3.8) is 0 Å². The van der Waals surface area contributed by atoms with Crippen LogP contribution in [0.2, 0.25) is 0 Å². The van der Waals surface area contributed by atoms with E-state index in [1.807, 2.05) is 24.3 Å². The highest BCUT2D eigenvalue weighted by molar-refractivity contribution is 5.82. The van der Waals surface area contributed by atoms with Crippen LogP contribution in [-0.2, 0) is 14.3 Å². The second-order valence-electron chi connectivity index (χ2n) is 7.67. The van der Waals surface area contributed by atoms with Gasteiger partial charge in [-0.3, -0.25) is 0 Å². The lowest BCUT2D eigenvalue weighted by Gasteiger charge is -2.41. The summed E-state index contributed by atoms with van der Waals surface area (Å²) in [5.41, 5.74) is 2.92. The first-order valence-electron chi connectivity index (χ1n) is 9.03. The van der Waals surface area contributed by atoms with Crippen molar-refractivity contribution in [2.75, 3.05) is 13.2 Å². The number of rotatable bonds is 4. The summed E-state index contributed by atoms with van der Waals surface area (Å²) in [6.07, 6.45) is 0.0559. The molecule has 4 aliphatic rings. The summed E-state index contributed by atoms with van der Waals surface area (Å²) >= 11 is 0. The molecule has 138 valence electrons. The van der Waals surface area contributed by atoms with Crippen molar-refractivity contribution in [2.45, 2.75) is 29.9 Å². The van der Waals surface area contributed by atoms with Gasteiger partial charge in [-0.05, 0) is 22.3 Å². The Morgan fingerprint density at radius 3 is 2.22 bits per heavy atom. The lowest BCUT2D eigenvalue weighted by atomic mass is 9.68. The zero-order valence-electron chi connectivity index (χ0n) is 14.6.